The Morgan fingerprint density at radius 1 is 1.17 bits per heavy atom. The molecule has 0 N–H and O–H groups in total. The summed E-state index contributed by atoms with van der Waals surface area (Å²) in [5.41, 5.74) is 0. The monoisotopic (exact) mass is 169 g/mol. The SMILES string of the molecule is [CH2]CCCCCC(=O)CCC=O. The Bertz CT molecular complexity index is 130. The first-order chi connectivity index (χ1) is 5.81. The molecule has 0 heterocycles. The van der Waals surface area contributed by atoms with Crippen molar-refractivity contribution in [3.8, 4) is 0 Å². The topological polar surface area (TPSA) is 34.1 Å². The summed E-state index contributed by atoms with van der Waals surface area (Å²) in [7, 11) is 0. The number of ketones is 1. The third-order valence-electron chi connectivity index (χ3n) is 1.75. The third-order valence-corrected chi connectivity index (χ3v) is 1.75. The molecule has 1 radical (unpaired) electrons. The van der Waals surface area contributed by atoms with Crippen LogP contribution in [0.3, 0.4) is 0 Å². The van der Waals surface area contributed by atoms with Crippen LogP contribution in [0.4, 0.5) is 0 Å². The molecule has 0 amide bonds. The summed E-state index contributed by atoms with van der Waals surface area (Å²) >= 11 is 0. The Morgan fingerprint density at radius 2 is 1.92 bits per heavy atom. The molecule has 0 aliphatic carbocycles. The number of carbonyl (C=O) groups is 2. The molecule has 0 aromatic carbocycles. The van der Waals surface area contributed by atoms with Gasteiger partial charge in [-0.3, -0.25) is 4.79 Å². The standard InChI is InChI=1S/C10H17O2/c1-2-3-4-5-7-10(12)8-6-9-11/h9H,1-8H2. The van der Waals surface area contributed by atoms with Crippen molar-refractivity contribution < 1.29 is 9.59 Å². The van der Waals surface area contributed by atoms with Gasteiger partial charge in [0.15, 0.2) is 0 Å². The molecule has 0 aromatic rings. The quantitative estimate of drug-likeness (QED) is 0.413. The lowest BCUT2D eigenvalue weighted by Crippen LogP contribution is -1.97. The lowest BCUT2D eigenvalue weighted by atomic mass is 10.1. The van der Waals surface area contributed by atoms with Crippen molar-refractivity contribution in [2.24, 2.45) is 0 Å². The Balaban J connectivity index is 3.13. The second-order valence-electron chi connectivity index (χ2n) is 2.91. The highest BCUT2D eigenvalue weighted by atomic mass is 16.1. The summed E-state index contributed by atoms with van der Waals surface area (Å²) in [5.74, 6) is 0.214. The van der Waals surface area contributed by atoms with Crippen molar-refractivity contribution >= 4 is 12.1 Å². The maximum absolute atomic E-state index is 11.0. The highest BCUT2D eigenvalue weighted by Gasteiger charge is 1.99. The minimum Gasteiger partial charge on any atom is -0.303 e. The third kappa shape index (κ3) is 7.45. The summed E-state index contributed by atoms with van der Waals surface area (Å²) in [6, 6.07) is 0. The predicted molar refractivity (Wildman–Crippen MR) is 48.7 cm³/mol. The fraction of sp³-hybridized carbons (Fsp3) is 0.700. The van der Waals surface area contributed by atoms with E-state index in [-0.39, 0.29) is 5.78 Å². The molecule has 0 saturated heterocycles. The second-order valence-corrected chi connectivity index (χ2v) is 2.91. The van der Waals surface area contributed by atoms with E-state index in [2.05, 4.69) is 6.92 Å². The zero-order valence-electron chi connectivity index (χ0n) is 7.55. The van der Waals surface area contributed by atoms with Crippen LogP contribution in [0.25, 0.3) is 0 Å². The van der Waals surface area contributed by atoms with Gasteiger partial charge >= 0.3 is 0 Å². The summed E-state index contributed by atoms with van der Waals surface area (Å²) in [5, 5.41) is 0. The number of carbonyl (C=O) groups excluding carboxylic acids is 2. The molecule has 2 nitrogen and oxygen atoms in total. The van der Waals surface area contributed by atoms with Gasteiger partial charge in [-0.1, -0.05) is 26.2 Å². The Labute approximate surface area is 74.3 Å². The molecular weight excluding hydrogens is 152 g/mol. The zero-order chi connectivity index (χ0) is 9.23. The molecule has 0 bridgehead atoms. The van der Waals surface area contributed by atoms with E-state index in [1.54, 1.807) is 0 Å². The Morgan fingerprint density at radius 3 is 2.50 bits per heavy atom. The largest absolute Gasteiger partial charge is 0.303 e. The van der Waals surface area contributed by atoms with Gasteiger partial charge in [-0.25, -0.2) is 0 Å². The molecule has 0 aliphatic heterocycles. The van der Waals surface area contributed by atoms with Crippen molar-refractivity contribution in [3.05, 3.63) is 6.92 Å². The van der Waals surface area contributed by atoms with E-state index in [1.807, 2.05) is 0 Å². The number of Topliss-reactive ketones (excluding diaryl/α,β-unsaturated/α-hetero) is 1. The first kappa shape index (κ1) is 11.3. The second kappa shape index (κ2) is 8.44. The van der Waals surface area contributed by atoms with Gasteiger partial charge in [-0.15, -0.1) is 0 Å². The van der Waals surface area contributed by atoms with Crippen LogP contribution in [0, 0.1) is 6.92 Å². The van der Waals surface area contributed by atoms with Crippen molar-refractivity contribution in [2.75, 3.05) is 0 Å². The van der Waals surface area contributed by atoms with Crippen molar-refractivity contribution in [3.63, 3.8) is 0 Å². The molecule has 0 aromatic heterocycles. The minimum absolute atomic E-state index is 0.214. The molecule has 0 fully saturated rings. The molecule has 0 aliphatic rings. The average Bonchev–Trinajstić information content (AvgIpc) is 2.09. The van der Waals surface area contributed by atoms with E-state index in [4.69, 9.17) is 0 Å². The summed E-state index contributed by atoms with van der Waals surface area (Å²) < 4.78 is 0. The van der Waals surface area contributed by atoms with E-state index in [9.17, 15) is 9.59 Å². The van der Waals surface area contributed by atoms with E-state index in [1.165, 1.54) is 0 Å². The molecule has 0 rings (SSSR count). The summed E-state index contributed by atoms with van der Waals surface area (Å²) in [6.07, 6.45) is 6.32. The van der Waals surface area contributed by atoms with E-state index >= 15 is 0 Å². The highest BCUT2D eigenvalue weighted by molar-refractivity contribution is 5.80. The molecule has 0 atom stereocenters. The minimum atomic E-state index is 0.214. The summed E-state index contributed by atoms with van der Waals surface area (Å²) in [6.45, 7) is 3.72. The van der Waals surface area contributed by atoms with Crippen molar-refractivity contribution in [1.29, 1.82) is 0 Å². The van der Waals surface area contributed by atoms with Gasteiger partial charge in [0.05, 0.1) is 0 Å². The predicted octanol–water partition coefficient (Wildman–Crippen LogP) is 2.32. The highest BCUT2D eigenvalue weighted by Crippen LogP contribution is 2.04. The van der Waals surface area contributed by atoms with Crippen LogP contribution in [-0.4, -0.2) is 12.1 Å². The Hall–Kier alpha value is -0.660. The van der Waals surface area contributed by atoms with Gasteiger partial charge in [0.25, 0.3) is 0 Å². The number of hydrogen-bond donors (Lipinski definition) is 0. The van der Waals surface area contributed by atoms with E-state index in [0.717, 1.165) is 32.0 Å². The summed E-state index contributed by atoms with van der Waals surface area (Å²) in [4.78, 5) is 20.9. The fourth-order valence-electron chi connectivity index (χ4n) is 1.02. The van der Waals surface area contributed by atoms with Gasteiger partial charge in [0.2, 0.25) is 0 Å². The molecule has 12 heavy (non-hydrogen) atoms. The first-order valence-electron chi connectivity index (χ1n) is 4.56. The van der Waals surface area contributed by atoms with Gasteiger partial charge in [0, 0.05) is 19.3 Å². The van der Waals surface area contributed by atoms with Gasteiger partial charge in [0.1, 0.15) is 12.1 Å². The van der Waals surface area contributed by atoms with Gasteiger partial charge < -0.3 is 4.79 Å². The smallest absolute Gasteiger partial charge is 0.133 e. The lowest BCUT2D eigenvalue weighted by molar-refractivity contribution is -0.120. The first-order valence-corrected chi connectivity index (χ1v) is 4.56. The average molecular weight is 169 g/mol. The molecule has 69 valence electrons. The maximum Gasteiger partial charge on any atom is 0.133 e. The van der Waals surface area contributed by atoms with E-state index in [0.29, 0.717) is 19.3 Å². The molecule has 0 spiro atoms. The normalized spacial score (nSPS) is 9.75. The lowest BCUT2D eigenvalue weighted by Gasteiger charge is -1.97. The van der Waals surface area contributed by atoms with E-state index < -0.39 is 0 Å². The number of aldehydes is 1. The molecular formula is C10H17O2. The molecule has 0 unspecified atom stereocenters. The van der Waals surface area contributed by atoms with Crippen molar-refractivity contribution in [1.82, 2.24) is 0 Å². The Kier molecular flexibility index (Phi) is 7.97. The molecule has 0 saturated carbocycles. The van der Waals surface area contributed by atoms with Crippen LogP contribution in [0.15, 0.2) is 0 Å². The van der Waals surface area contributed by atoms with Crippen LogP contribution in [-0.2, 0) is 9.59 Å². The van der Waals surface area contributed by atoms with Crippen LogP contribution in [0.2, 0.25) is 0 Å². The van der Waals surface area contributed by atoms with Crippen LogP contribution < -0.4 is 0 Å². The zero-order valence-corrected chi connectivity index (χ0v) is 7.55. The van der Waals surface area contributed by atoms with Gasteiger partial charge in [-0.05, 0) is 6.42 Å². The maximum atomic E-state index is 11.0. The number of hydrogen-bond acceptors (Lipinski definition) is 2. The van der Waals surface area contributed by atoms with Crippen LogP contribution >= 0.6 is 0 Å². The number of unbranched alkanes of at least 4 members (excludes halogenated alkanes) is 3. The van der Waals surface area contributed by atoms with Crippen molar-refractivity contribution in [2.45, 2.75) is 44.9 Å². The van der Waals surface area contributed by atoms with Gasteiger partial charge in [-0.2, -0.15) is 0 Å². The fourth-order valence-corrected chi connectivity index (χ4v) is 1.02. The molecule has 2 heteroatoms. The van der Waals surface area contributed by atoms with Crippen LogP contribution in [0.5, 0.6) is 0 Å². The number of rotatable bonds is 8. The van der Waals surface area contributed by atoms with Crippen LogP contribution in [0.1, 0.15) is 44.9 Å².